The fraction of sp³-hybridized carbons (Fsp3) is 0.111. The molecule has 110 valence electrons. The van der Waals surface area contributed by atoms with Crippen molar-refractivity contribution in [2.45, 2.75) is 6.92 Å². The van der Waals surface area contributed by atoms with Crippen molar-refractivity contribution in [1.82, 2.24) is 4.98 Å². The number of rotatable bonds is 4. The number of aryl methyl sites for hydroxylation is 1. The number of para-hydroxylation sites is 1. The maximum absolute atomic E-state index is 12.1. The third-order valence-electron chi connectivity index (χ3n) is 3.24. The molecule has 0 bridgehead atoms. The minimum absolute atomic E-state index is 0.0354. The second-order valence-electron chi connectivity index (χ2n) is 5.04. The van der Waals surface area contributed by atoms with Gasteiger partial charge in [-0.3, -0.25) is 9.78 Å². The Balaban J connectivity index is 1.74. The van der Waals surface area contributed by atoms with E-state index in [0.717, 1.165) is 16.5 Å². The van der Waals surface area contributed by atoms with Crippen molar-refractivity contribution in [1.29, 1.82) is 0 Å². The first kappa shape index (κ1) is 14.1. The average Bonchev–Trinajstić information content (AvgIpc) is 2.54. The average molecular weight is 292 g/mol. The molecule has 4 nitrogen and oxygen atoms in total. The van der Waals surface area contributed by atoms with Gasteiger partial charge in [-0.05, 0) is 42.8 Å². The van der Waals surface area contributed by atoms with Crippen molar-refractivity contribution in [2.75, 3.05) is 11.9 Å². The summed E-state index contributed by atoms with van der Waals surface area (Å²) in [5.41, 5.74) is 2.55. The number of amides is 1. The second-order valence-corrected chi connectivity index (χ2v) is 5.04. The predicted octanol–water partition coefficient (Wildman–Crippen LogP) is 3.56. The Labute approximate surface area is 128 Å². The van der Waals surface area contributed by atoms with Gasteiger partial charge in [-0.2, -0.15) is 0 Å². The van der Waals surface area contributed by atoms with E-state index in [4.69, 9.17) is 4.74 Å². The van der Waals surface area contributed by atoms with Gasteiger partial charge in [-0.25, -0.2) is 0 Å². The van der Waals surface area contributed by atoms with Crippen LogP contribution in [0.2, 0.25) is 0 Å². The Kier molecular flexibility index (Phi) is 4.01. The lowest BCUT2D eigenvalue weighted by Crippen LogP contribution is -2.20. The first-order valence-corrected chi connectivity index (χ1v) is 7.05. The normalized spacial score (nSPS) is 10.4. The topological polar surface area (TPSA) is 51.2 Å². The molecule has 0 radical (unpaired) electrons. The van der Waals surface area contributed by atoms with Crippen molar-refractivity contribution >= 4 is 22.5 Å². The van der Waals surface area contributed by atoms with Crippen LogP contribution < -0.4 is 10.1 Å². The molecular formula is C18H16N2O2. The summed E-state index contributed by atoms with van der Waals surface area (Å²) in [4.78, 5) is 16.4. The van der Waals surface area contributed by atoms with Crippen LogP contribution in [-0.2, 0) is 4.79 Å². The van der Waals surface area contributed by atoms with Crippen LogP contribution in [0.4, 0.5) is 5.69 Å². The number of anilines is 1. The lowest BCUT2D eigenvalue weighted by atomic mass is 10.1. The fourth-order valence-electron chi connectivity index (χ4n) is 2.29. The van der Waals surface area contributed by atoms with E-state index in [-0.39, 0.29) is 12.5 Å². The highest BCUT2D eigenvalue weighted by molar-refractivity contribution is 6.01. The van der Waals surface area contributed by atoms with Gasteiger partial charge in [0.25, 0.3) is 5.91 Å². The summed E-state index contributed by atoms with van der Waals surface area (Å²) in [5.74, 6) is 0.464. The van der Waals surface area contributed by atoms with E-state index >= 15 is 0 Å². The molecule has 0 fully saturated rings. The van der Waals surface area contributed by atoms with Crippen LogP contribution in [0, 0.1) is 6.92 Å². The van der Waals surface area contributed by atoms with Gasteiger partial charge in [0.1, 0.15) is 5.75 Å². The van der Waals surface area contributed by atoms with Crippen molar-refractivity contribution in [3.63, 3.8) is 0 Å². The molecule has 3 rings (SSSR count). The molecule has 0 aliphatic rings. The Morgan fingerprint density at radius 1 is 1.14 bits per heavy atom. The number of hydrogen-bond acceptors (Lipinski definition) is 3. The van der Waals surface area contributed by atoms with E-state index in [9.17, 15) is 4.79 Å². The SMILES string of the molecule is Cc1cc(NC(=O)COc2ccccc2)c2ncccc2c1. The molecule has 0 atom stereocenters. The molecule has 0 aliphatic carbocycles. The Morgan fingerprint density at radius 2 is 1.95 bits per heavy atom. The lowest BCUT2D eigenvalue weighted by Gasteiger charge is -2.10. The number of carbonyl (C=O) groups excluding carboxylic acids is 1. The number of fused-ring (bicyclic) bond motifs is 1. The van der Waals surface area contributed by atoms with Gasteiger partial charge < -0.3 is 10.1 Å². The van der Waals surface area contributed by atoms with E-state index in [1.165, 1.54) is 0 Å². The summed E-state index contributed by atoms with van der Waals surface area (Å²) >= 11 is 0. The number of ether oxygens (including phenoxy) is 1. The quantitative estimate of drug-likeness (QED) is 0.800. The molecule has 1 amide bonds. The van der Waals surface area contributed by atoms with E-state index in [1.807, 2.05) is 61.5 Å². The zero-order chi connectivity index (χ0) is 15.4. The van der Waals surface area contributed by atoms with Crippen LogP contribution in [-0.4, -0.2) is 17.5 Å². The molecule has 0 unspecified atom stereocenters. The van der Waals surface area contributed by atoms with E-state index in [1.54, 1.807) is 6.20 Å². The molecule has 0 saturated heterocycles. The monoisotopic (exact) mass is 292 g/mol. The molecule has 1 N–H and O–H groups in total. The zero-order valence-electron chi connectivity index (χ0n) is 12.2. The van der Waals surface area contributed by atoms with Crippen LogP contribution in [0.15, 0.2) is 60.8 Å². The number of nitrogens with one attached hydrogen (secondary N) is 1. The molecule has 0 saturated carbocycles. The number of benzene rings is 2. The maximum atomic E-state index is 12.1. The van der Waals surface area contributed by atoms with Crippen LogP contribution in [0.5, 0.6) is 5.75 Å². The molecule has 4 heteroatoms. The summed E-state index contributed by atoms with van der Waals surface area (Å²) in [7, 11) is 0. The van der Waals surface area contributed by atoms with E-state index in [2.05, 4.69) is 10.3 Å². The Bertz CT molecular complexity index is 801. The van der Waals surface area contributed by atoms with E-state index < -0.39 is 0 Å². The van der Waals surface area contributed by atoms with Gasteiger partial charge in [-0.15, -0.1) is 0 Å². The molecule has 0 aliphatic heterocycles. The Hall–Kier alpha value is -2.88. The lowest BCUT2D eigenvalue weighted by molar-refractivity contribution is -0.118. The summed E-state index contributed by atoms with van der Waals surface area (Å²) in [6.07, 6.45) is 1.72. The van der Waals surface area contributed by atoms with Gasteiger partial charge in [-0.1, -0.05) is 24.3 Å². The maximum Gasteiger partial charge on any atom is 0.262 e. The largest absolute Gasteiger partial charge is 0.484 e. The summed E-state index contributed by atoms with van der Waals surface area (Å²) in [6, 6.07) is 17.1. The van der Waals surface area contributed by atoms with E-state index in [0.29, 0.717) is 11.4 Å². The minimum atomic E-state index is -0.207. The standard InChI is InChI=1S/C18H16N2O2/c1-13-10-14-6-5-9-19-18(14)16(11-13)20-17(21)12-22-15-7-3-2-4-8-15/h2-11H,12H2,1H3,(H,20,21). The number of aromatic nitrogens is 1. The molecule has 1 aromatic heterocycles. The molecule has 22 heavy (non-hydrogen) atoms. The minimum Gasteiger partial charge on any atom is -0.484 e. The first-order valence-electron chi connectivity index (χ1n) is 7.05. The summed E-state index contributed by atoms with van der Waals surface area (Å²) in [6.45, 7) is 1.95. The highest BCUT2D eigenvalue weighted by Crippen LogP contribution is 2.23. The van der Waals surface area contributed by atoms with Crippen LogP contribution in [0.25, 0.3) is 10.9 Å². The summed E-state index contributed by atoms with van der Waals surface area (Å²) < 4.78 is 5.45. The zero-order valence-corrected chi connectivity index (χ0v) is 12.2. The van der Waals surface area contributed by atoms with Gasteiger partial charge in [0.15, 0.2) is 6.61 Å². The highest BCUT2D eigenvalue weighted by Gasteiger charge is 2.08. The highest BCUT2D eigenvalue weighted by atomic mass is 16.5. The van der Waals surface area contributed by atoms with Gasteiger partial charge in [0.05, 0.1) is 11.2 Å². The van der Waals surface area contributed by atoms with Crippen LogP contribution >= 0.6 is 0 Å². The molecule has 0 spiro atoms. The Morgan fingerprint density at radius 3 is 2.77 bits per heavy atom. The van der Waals surface area contributed by atoms with Crippen LogP contribution in [0.1, 0.15) is 5.56 Å². The molecule has 2 aromatic carbocycles. The molecule has 1 heterocycles. The third kappa shape index (κ3) is 3.23. The number of pyridine rings is 1. The van der Waals surface area contributed by atoms with Crippen LogP contribution in [0.3, 0.4) is 0 Å². The van der Waals surface area contributed by atoms with Crippen molar-refractivity contribution in [3.8, 4) is 5.75 Å². The number of carbonyl (C=O) groups is 1. The van der Waals surface area contributed by atoms with Crippen molar-refractivity contribution < 1.29 is 9.53 Å². The smallest absolute Gasteiger partial charge is 0.262 e. The number of nitrogens with zero attached hydrogens (tertiary/aromatic N) is 1. The van der Waals surface area contributed by atoms with Crippen molar-refractivity contribution in [2.24, 2.45) is 0 Å². The van der Waals surface area contributed by atoms with Gasteiger partial charge in [0, 0.05) is 11.6 Å². The first-order chi connectivity index (χ1) is 10.7. The van der Waals surface area contributed by atoms with Crippen molar-refractivity contribution in [3.05, 3.63) is 66.4 Å². The van der Waals surface area contributed by atoms with Gasteiger partial charge >= 0.3 is 0 Å². The second kappa shape index (κ2) is 6.26. The molecule has 3 aromatic rings. The number of hydrogen-bond donors (Lipinski definition) is 1. The third-order valence-corrected chi connectivity index (χ3v) is 3.24. The van der Waals surface area contributed by atoms with Gasteiger partial charge in [0.2, 0.25) is 0 Å². The fourth-order valence-corrected chi connectivity index (χ4v) is 2.29. The molecular weight excluding hydrogens is 276 g/mol. The summed E-state index contributed by atoms with van der Waals surface area (Å²) in [5, 5.41) is 3.87. The predicted molar refractivity (Wildman–Crippen MR) is 87.0 cm³/mol.